The van der Waals surface area contributed by atoms with E-state index >= 15 is 0 Å². The number of sulfone groups is 1. The van der Waals surface area contributed by atoms with Crippen LogP contribution in [0.3, 0.4) is 0 Å². The first-order valence-corrected chi connectivity index (χ1v) is 34.0. The minimum Gasteiger partial charge on any atom is -0.455 e. The number of fused-ring (bicyclic) bond motifs is 2. The minimum atomic E-state index is -6.12. The number of amides is 4. The summed E-state index contributed by atoms with van der Waals surface area (Å²) in [4.78, 5) is 67.9. The second-order valence-electron chi connectivity index (χ2n) is 25.4. The molecular formula is C65H72ClF3N10O9S2. The van der Waals surface area contributed by atoms with E-state index in [4.69, 9.17) is 16.3 Å². The zero-order valence-electron chi connectivity index (χ0n) is 50.1. The van der Waals surface area contributed by atoms with Gasteiger partial charge in [-0.2, -0.15) is 13.2 Å². The van der Waals surface area contributed by atoms with Gasteiger partial charge in [0.2, 0.25) is 11.8 Å². The summed E-state index contributed by atoms with van der Waals surface area (Å²) in [5.41, 5.74) is 1.46. The van der Waals surface area contributed by atoms with Crippen LogP contribution in [-0.2, 0) is 42.5 Å². The number of sulfonamides is 1. The number of nitrogens with one attached hydrogen (secondary N) is 4. The topological polar surface area (TPSA) is 227 Å². The lowest BCUT2D eigenvalue weighted by Gasteiger charge is -2.42. The number of piperazine rings is 2. The van der Waals surface area contributed by atoms with Gasteiger partial charge in [-0.05, 0) is 146 Å². The molecule has 476 valence electrons. The summed E-state index contributed by atoms with van der Waals surface area (Å²) in [6.45, 7) is 12.5. The number of H-pyrrole nitrogens is 1. The highest BCUT2D eigenvalue weighted by Crippen LogP contribution is 2.44. The Morgan fingerprint density at radius 2 is 1.54 bits per heavy atom. The molecule has 90 heavy (non-hydrogen) atoms. The third-order valence-electron chi connectivity index (χ3n) is 18.7. The molecule has 6 aliphatic rings. The van der Waals surface area contributed by atoms with Crippen LogP contribution < -0.4 is 25.0 Å². The molecule has 12 rings (SSSR count). The predicted octanol–water partition coefficient (Wildman–Crippen LogP) is 9.76. The van der Waals surface area contributed by atoms with Crippen LogP contribution >= 0.6 is 11.6 Å². The molecule has 2 aromatic heterocycles. The smallest absolute Gasteiger partial charge is 0.455 e. The molecule has 0 radical (unpaired) electrons. The van der Waals surface area contributed by atoms with Crippen LogP contribution in [0.2, 0.25) is 5.02 Å². The van der Waals surface area contributed by atoms with Gasteiger partial charge >= 0.3 is 5.51 Å². The lowest BCUT2D eigenvalue weighted by molar-refractivity contribution is -0.136. The van der Waals surface area contributed by atoms with Crippen LogP contribution in [0.4, 0.5) is 24.5 Å². The number of ether oxygens (including phenoxy) is 1. The molecule has 1 unspecified atom stereocenters. The van der Waals surface area contributed by atoms with Gasteiger partial charge in [-0.15, -0.1) is 0 Å². The maximum atomic E-state index is 14.4. The van der Waals surface area contributed by atoms with Gasteiger partial charge in [-0.1, -0.05) is 55.3 Å². The number of aromatic nitrogens is 2. The molecule has 4 aliphatic heterocycles. The number of imide groups is 1. The van der Waals surface area contributed by atoms with Crippen LogP contribution in [0.15, 0.2) is 119 Å². The fourth-order valence-corrected chi connectivity index (χ4v) is 15.8. The van der Waals surface area contributed by atoms with Gasteiger partial charge in [0.15, 0.2) is 0 Å². The maximum absolute atomic E-state index is 14.4. The number of allylic oxidation sites excluding steroid dienone is 1. The lowest BCUT2D eigenvalue weighted by atomic mass is 9.72. The first-order valence-electron chi connectivity index (χ1n) is 30.6. The van der Waals surface area contributed by atoms with Gasteiger partial charge in [-0.25, -0.2) is 26.5 Å². The number of piperidine rings is 1. The number of carbonyl (C=O) groups is 4. The summed E-state index contributed by atoms with van der Waals surface area (Å²) < 4.78 is 106. The Bertz CT molecular complexity index is 4030. The van der Waals surface area contributed by atoms with E-state index in [2.05, 4.69) is 66.2 Å². The molecule has 0 bridgehead atoms. The summed E-state index contributed by atoms with van der Waals surface area (Å²) in [7, 11) is -11.1. The summed E-state index contributed by atoms with van der Waals surface area (Å²) in [5.74, 6) is -1.97. The number of halogens is 4. The van der Waals surface area contributed by atoms with Gasteiger partial charge in [-0.3, -0.25) is 39.2 Å². The number of aromatic amines is 1. The van der Waals surface area contributed by atoms with Crippen molar-refractivity contribution in [2.75, 3.05) is 75.7 Å². The quantitative estimate of drug-likeness (QED) is 0.0624. The van der Waals surface area contributed by atoms with Gasteiger partial charge < -0.3 is 24.8 Å². The van der Waals surface area contributed by atoms with Crippen molar-refractivity contribution in [2.45, 2.75) is 112 Å². The number of rotatable bonds is 17. The Morgan fingerprint density at radius 3 is 2.28 bits per heavy atom. The molecule has 4 amide bonds. The number of alkyl halides is 3. The van der Waals surface area contributed by atoms with Crippen molar-refractivity contribution in [3.63, 3.8) is 0 Å². The van der Waals surface area contributed by atoms with E-state index in [0.717, 1.165) is 101 Å². The lowest BCUT2D eigenvalue weighted by Crippen LogP contribution is -2.52. The van der Waals surface area contributed by atoms with E-state index in [9.17, 15) is 49.2 Å². The van der Waals surface area contributed by atoms with E-state index in [1.165, 1.54) is 29.0 Å². The van der Waals surface area contributed by atoms with Crippen molar-refractivity contribution in [3.8, 4) is 11.5 Å². The fourth-order valence-electron chi connectivity index (χ4n) is 13.6. The van der Waals surface area contributed by atoms with Crippen molar-refractivity contribution in [2.24, 2.45) is 11.3 Å². The second kappa shape index (κ2) is 25.4. The van der Waals surface area contributed by atoms with Crippen molar-refractivity contribution >= 4 is 83.1 Å². The molecule has 4 aromatic carbocycles. The SMILES string of the molecule is CC1(C)CCC(CN2CCN(c3ccc(C(=O)NS(=O)(=O)c4ccc(NC[C@H]5CC[C@H](N6CCN(Cc7ccc8c(c7)CN(C7CCC(=O)NC7=O)C8=O)CC6)CC5)c(S(=O)(=O)C(F)(F)F)c4)c(Oc4cnc5[nH]ccc5c4)c3)CC2)=C(c2ccc(Cl)cc2)C1. The third-order valence-corrected chi connectivity index (χ3v) is 21.8. The molecule has 0 spiro atoms. The van der Waals surface area contributed by atoms with Gasteiger partial charge in [0.1, 0.15) is 28.1 Å². The Balaban J connectivity index is 0.678. The molecule has 1 saturated carbocycles. The summed E-state index contributed by atoms with van der Waals surface area (Å²) in [5, 5.41) is 6.64. The summed E-state index contributed by atoms with van der Waals surface area (Å²) in [6, 6.07) is 24.0. The second-order valence-corrected chi connectivity index (χ2v) is 29.4. The van der Waals surface area contributed by atoms with Crippen LogP contribution in [0, 0.1) is 11.3 Å². The Hall–Kier alpha value is -7.35. The predicted molar refractivity (Wildman–Crippen MR) is 335 cm³/mol. The molecule has 19 nitrogen and oxygen atoms in total. The van der Waals surface area contributed by atoms with E-state index in [1.54, 1.807) is 35.4 Å². The highest BCUT2D eigenvalue weighted by Gasteiger charge is 2.49. The zero-order chi connectivity index (χ0) is 63.3. The number of anilines is 2. The van der Waals surface area contributed by atoms with E-state index in [1.807, 2.05) is 35.1 Å². The minimum absolute atomic E-state index is 0.0224. The summed E-state index contributed by atoms with van der Waals surface area (Å²) in [6.07, 6.45) is 9.73. The van der Waals surface area contributed by atoms with E-state index < -0.39 is 58.7 Å². The average molecular weight is 1290 g/mol. The number of hydrogen-bond donors (Lipinski definition) is 4. The summed E-state index contributed by atoms with van der Waals surface area (Å²) >= 11 is 6.27. The molecule has 6 heterocycles. The third kappa shape index (κ3) is 13.6. The van der Waals surface area contributed by atoms with Crippen LogP contribution in [-0.4, -0.2) is 153 Å². The highest BCUT2D eigenvalue weighted by molar-refractivity contribution is 7.92. The normalized spacial score (nSPS) is 21.6. The van der Waals surface area contributed by atoms with Crippen molar-refractivity contribution in [1.29, 1.82) is 0 Å². The number of hydrogen-bond acceptors (Lipinski definition) is 15. The van der Waals surface area contributed by atoms with Crippen molar-refractivity contribution < 1.29 is 53.9 Å². The Labute approximate surface area is 526 Å². The molecule has 4 N–H and O–H groups in total. The zero-order valence-corrected chi connectivity index (χ0v) is 52.5. The molecule has 1 atom stereocenters. The Kier molecular flexibility index (Phi) is 17.7. The molecule has 4 fully saturated rings. The molecule has 2 aliphatic carbocycles. The van der Waals surface area contributed by atoms with E-state index in [-0.39, 0.29) is 59.2 Å². The van der Waals surface area contributed by atoms with E-state index in [0.29, 0.717) is 78.8 Å². The molecular weight excluding hydrogens is 1220 g/mol. The maximum Gasteiger partial charge on any atom is 0.501 e. The molecule has 3 saturated heterocycles. The number of benzene rings is 4. The van der Waals surface area contributed by atoms with Gasteiger partial charge in [0.05, 0.1) is 22.3 Å². The molecule has 6 aromatic rings. The average Bonchev–Trinajstić information content (AvgIpc) is 0.957. The van der Waals surface area contributed by atoms with Crippen LogP contribution in [0.25, 0.3) is 16.6 Å². The number of pyridine rings is 1. The largest absolute Gasteiger partial charge is 0.501 e. The Morgan fingerprint density at radius 1 is 0.811 bits per heavy atom. The highest BCUT2D eigenvalue weighted by atomic mass is 35.5. The van der Waals surface area contributed by atoms with Gasteiger partial charge in [0.25, 0.3) is 31.7 Å². The van der Waals surface area contributed by atoms with Gasteiger partial charge in [0, 0.05) is 125 Å². The first-order chi connectivity index (χ1) is 42.9. The van der Waals surface area contributed by atoms with Crippen molar-refractivity contribution in [3.05, 3.63) is 142 Å². The number of carbonyl (C=O) groups excluding carboxylic acids is 4. The van der Waals surface area contributed by atoms with Crippen LogP contribution in [0.1, 0.15) is 109 Å². The standard InChI is InChI=1S/C65H72ClF3N10O9S2/c1-64(2)21-19-45(54(35-64)43-6-8-47(66)9-7-43)39-76-25-29-78(30-26-76)49-12-15-53(57(33-49)88-50-32-44-20-22-70-60(44)72-37-50)61(81)74-90(86,87)51-13-16-55(58(34-51)89(84,85)65(67,68)69)71-36-41-3-10-48(11-4-41)77-27-23-75(24-28-77)38-42-5-14-52-46(31-42)40-79(63(52)83)56-17-18-59(80)73-62(56)82/h5-9,12-16,20,22,31-34,37,41,48,56,71H,3-4,10-11,17-19,21,23-30,35-36,38-40H2,1-2H3,(H,70,72)(H,74,81)(H,73,80,82)/t41-,48-,56?. The monoisotopic (exact) mass is 1290 g/mol. The van der Waals surface area contributed by atoms with Crippen molar-refractivity contribution in [1.82, 2.24) is 39.6 Å². The van der Waals surface area contributed by atoms with Crippen LogP contribution in [0.5, 0.6) is 11.5 Å². The first kappa shape index (κ1) is 62.8. The molecule has 25 heteroatoms. The fraction of sp³-hybridized carbons (Fsp3) is 0.431. The number of nitrogens with zero attached hydrogens (tertiary/aromatic N) is 6.